The summed E-state index contributed by atoms with van der Waals surface area (Å²) < 4.78 is 0. The van der Waals surface area contributed by atoms with Crippen molar-refractivity contribution in [2.24, 2.45) is 0 Å². The molecule has 0 fully saturated rings. The molecule has 0 radical (unpaired) electrons. The van der Waals surface area contributed by atoms with Crippen LogP contribution in [-0.2, 0) is 4.79 Å². The lowest BCUT2D eigenvalue weighted by molar-refractivity contribution is -0.136. The zero-order valence-electron chi connectivity index (χ0n) is 6.62. The Hall–Kier alpha value is -1.05. The summed E-state index contributed by atoms with van der Waals surface area (Å²) in [5.41, 5.74) is 0. The summed E-state index contributed by atoms with van der Waals surface area (Å²) >= 11 is 0. The summed E-state index contributed by atoms with van der Waals surface area (Å²) in [7, 11) is 0. The third-order valence-electron chi connectivity index (χ3n) is 1.24. The fraction of sp³-hybridized carbons (Fsp3) is 0.444. The molecule has 1 N–H and O–H groups in total. The van der Waals surface area contributed by atoms with E-state index in [9.17, 15) is 4.79 Å². The van der Waals surface area contributed by atoms with Gasteiger partial charge in [-0.3, -0.25) is 4.79 Å². The SMILES string of the molecule is C=CCCC/C=C/CC(=O)O. The van der Waals surface area contributed by atoms with Crippen LogP contribution in [0.15, 0.2) is 24.8 Å². The molecule has 0 heterocycles. The molecule has 11 heavy (non-hydrogen) atoms. The minimum absolute atomic E-state index is 0.133. The van der Waals surface area contributed by atoms with Crippen LogP contribution in [0.1, 0.15) is 25.7 Å². The molecule has 62 valence electrons. The zero-order chi connectivity index (χ0) is 8.53. The molecular weight excluding hydrogens is 140 g/mol. The summed E-state index contributed by atoms with van der Waals surface area (Å²) in [5, 5.41) is 8.25. The van der Waals surface area contributed by atoms with Crippen LogP contribution in [-0.4, -0.2) is 11.1 Å². The molecular formula is C9H14O2. The molecule has 0 aromatic heterocycles. The molecule has 0 atom stereocenters. The first-order valence-corrected chi connectivity index (χ1v) is 3.75. The van der Waals surface area contributed by atoms with Gasteiger partial charge in [-0.25, -0.2) is 0 Å². The highest BCUT2D eigenvalue weighted by molar-refractivity contribution is 5.68. The first kappa shape index (κ1) is 9.95. The Bertz CT molecular complexity index is 148. The van der Waals surface area contributed by atoms with Gasteiger partial charge in [0.25, 0.3) is 0 Å². The van der Waals surface area contributed by atoms with E-state index in [4.69, 9.17) is 5.11 Å². The Morgan fingerprint density at radius 1 is 1.36 bits per heavy atom. The molecule has 0 aliphatic carbocycles. The van der Waals surface area contributed by atoms with Crippen molar-refractivity contribution >= 4 is 5.97 Å². The van der Waals surface area contributed by atoms with Crippen molar-refractivity contribution in [1.29, 1.82) is 0 Å². The maximum absolute atomic E-state index is 10.0. The van der Waals surface area contributed by atoms with Crippen LogP contribution in [0.25, 0.3) is 0 Å². The highest BCUT2D eigenvalue weighted by atomic mass is 16.4. The average Bonchev–Trinajstić information content (AvgIpc) is 1.96. The van der Waals surface area contributed by atoms with Crippen LogP contribution in [0.3, 0.4) is 0 Å². The largest absolute Gasteiger partial charge is 0.481 e. The first-order chi connectivity index (χ1) is 5.27. The minimum atomic E-state index is -0.773. The van der Waals surface area contributed by atoms with Crippen molar-refractivity contribution in [2.45, 2.75) is 25.7 Å². The molecule has 0 aromatic carbocycles. The van der Waals surface area contributed by atoms with E-state index < -0.39 is 5.97 Å². The van der Waals surface area contributed by atoms with Crippen LogP contribution in [0.2, 0.25) is 0 Å². The molecule has 2 heteroatoms. The predicted molar refractivity (Wildman–Crippen MR) is 45.4 cm³/mol. The van der Waals surface area contributed by atoms with Gasteiger partial charge >= 0.3 is 5.97 Å². The summed E-state index contributed by atoms with van der Waals surface area (Å²) in [5.74, 6) is -0.773. The fourth-order valence-corrected chi connectivity index (χ4v) is 0.682. The Morgan fingerprint density at radius 2 is 2.09 bits per heavy atom. The Kier molecular flexibility index (Phi) is 6.39. The van der Waals surface area contributed by atoms with Gasteiger partial charge < -0.3 is 5.11 Å². The summed E-state index contributed by atoms with van der Waals surface area (Å²) in [6, 6.07) is 0. The molecule has 0 saturated carbocycles. The number of aliphatic carboxylic acids is 1. The van der Waals surface area contributed by atoms with E-state index in [0.717, 1.165) is 19.3 Å². The third-order valence-corrected chi connectivity index (χ3v) is 1.24. The lowest BCUT2D eigenvalue weighted by Gasteiger charge is -1.88. The zero-order valence-corrected chi connectivity index (χ0v) is 6.62. The average molecular weight is 154 g/mol. The highest BCUT2D eigenvalue weighted by Crippen LogP contribution is 1.97. The van der Waals surface area contributed by atoms with E-state index in [0.29, 0.717) is 0 Å². The number of hydrogen-bond acceptors (Lipinski definition) is 1. The second-order valence-corrected chi connectivity index (χ2v) is 2.29. The van der Waals surface area contributed by atoms with E-state index in [1.54, 1.807) is 6.08 Å². The van der Waals surface area contributed by atoms with E-state index in [1.165, 1.54) is 0 Å². The molecule has 0 bridgehead atoms. The summed E-state index contributed by atoms with van der Waals surface area (Å²) in [4.78, 5) is 10.0. The van der Waals surface area contributed by atoms with Crippen molar-refractivity contribution in [1.82, 2.24) is 0 Å². The van der Waals surface area contributed by atoms with Gasteiger partial charge in [0.15, 0.2) is 0 Å². The summed E-state index contributed by atoms with van der Waals surface area (Å²) in [6.07, 6.45) is 8.58. The van der Waals surface area contributed by atoms with Crippen molar-refractivity contribution < 1.29 is 9.90 Å². The van der Waals surface area contributed by atoms with Crippen LogP contribution in [0.4, 0.5) is 0 Å². The number of allylic oxidation sites excluding steroid dienone is 2. The van der Waals surface area contributed by atoms with Gasteiger partial charge in [-0.2, -0.15) is 0 Å². The molecule has 0 saturated heterocycles. The van der Waals surface area contributed by atoms with Crippen molar-refractivity contribution in [3.8, 4) is 0 Å². The van der Waals surface area contributed by atoms with Crippen LogP contribution in [0.5, 0.6) is 0 Å². The standard InChI is InChI=1S/C9H14O2/c1-2-3-4-5-6-7-8-9(10)11/h2,6-7H,1,3-5,8H2,(H,10,11)/b7-6+. The smallest absolute Gasteiger partial charge is 0.307 e. The fourth-order valence-electron chi connectivity index (χ4n) is 0.682. The van der Waals surface area contributed by atoms with Crippen molar-refractivity contribution in [3.05, 3.63) is 24.8 Å². The van der Waals surface area contributed by atoms with Gasteiger partial charge in [-0.15, -0.1) is 6.58 Å². The van der Waals surface area contributed by atoms with Crippen LogP contribution >= 0.6 is 0 Å². The number of carbonyl (C=O) groups is 1. The van der Waals surface area contributed by atoms with Gasteiger partial charge in [0.05, 0.1) is 6.42 Å². The lowest BCUT2D eigenvalue weighted by Crippen LogP contribution is -1.89. The number of carboxylic acid groups (broad SMARTS) is 1. The third kappa shape index (κ3) is 8.95. The quantitative estimate of drug-likeness (QED) is 0.471. The molecule has 2 nitrogen and oxygen atoms in total. The number of hydrogen-bond donors (Lipinski definition) is 1. The summed E-state index contributed by atoms with van der Waals surface area (Å²) in [6.45, 7) is 3.59. The second kappa shape index (κ2) is 7.06. The molecule has 0 aliphatic rings. The maximum Gasteiger partial charge on any atom is 0.307 e. The molecule has 0 rings (SSSR count). The minimum Gasteiger partial charge on any atom is -0.481 e. The normalized spacial score (nSPS) is 10.2. The van der Waals surface area contributed by atoms with E-state index in [1.807, 2.05) is 12.2 Å². The van der Waals surface area contributed by atoms with Crippen molar-refractivity contribution in [2.75, 3.05) is 0 Å². The topological polar surface area (TPSA) is 37.3 Å². The maximum atomic E-state index is 10.0. The number of unbranched alkanes of at least 4 members (excludes halogenated alkanes) is 2. The van der Waals surface area contributed by atoms with E-state index in [2.05, 4.69) is 6.58 Å². The second-order valence-electron chi connectivity index (χ2n) is 2.29. The van der Waals surface area contributed by atoms with Gasteiger partial charge in [0.1, 0.15) is 0 Å². The van der Waals surface area contributed by atoms with Gasteiger partial charge in [0.2, 0.25) is 0 Å². The van der Waals surface area contributed by atoms with Gasteiger partial charge in [-0.05, 0) is 19.3 Å². The highest BCUT2D eigenvalue weighted by Gasteiger charge is 1.87. The Labute approximate surface area is 67.2 Å². The van der Waals surface area contributed by atoms with Crippen LogP contribution < -0.4 is 0 Å². The number of rotatable bonds is 6. The van der Waals surface area contributed by atoms with E-state index in [-0.39, 0.29) is 6.42 Å². The van der Waals surface area contributed by atoms with Crippen LogP contribution in [0, 0.1) is 0 Å². The van der Waals surface area contributed by atoms with Gasteiger partial charge in [-0.1, -0.05) is 18.2 Å². The first-order valence-electron chi connectivity index (χ1n) is 3.75. The molecule has 0 aliphatic heterocycles. The van der Waals surface area contributed by atoms with Gasteiger partial charge in [0, 0.05) is 0 Å². The number of carboxylic acids is 1. The monoisotopic (exact) mass is 154 g/mol. The Morgan fingerprint density at radius 3 is 2.64 bits per heavy atom. The molecule has 0 amide bonds. The van der Waals surface area contributed by atoms with E-state index >= 15 is 0 Å². The van der Waals surface area contributed by atoms with Crippen molar-refractivity contribution in [3.63, 3.8) is 0 Å². The predicted octanol–water partition coefficient (Wildman–Crippen LogP) is 2.37. The lowest BCUT2D eigenvalue weighted by atomic mass is 10.2. The molecule has 0 aromatic rings. The molecule has 0 unspecified atom stereocenters. The Balaban J connectivity index is 3.16. The molecule has 0 spiro atoms.